The predicted molar refractivity (Wildman–Crippen MR) is 73.0 cm³/mol. The monoisotopic (exact) mass is 257 g/mol. The van der Waals surface area contributed by atoms with E-state index in [4.69, 9.17) is 4.42 Å². The smallest absolute Gasteiger partial charge is 0.347 e. The van der Waals surface area contributed by atoms with Gasteiger partial charge < -0.3 is 4.42 Å². The molecule has 0 aliphatic carbocycles. The molecule has 0 amide bonds. The average Bonchev–Trinajstić information content (AvgIpc) is 2.83. The minimum absolute atomic E-state index is 0.310. The lowest BCUT2D eigenvalue weighted by Crippen LogP contribution is -2.00. The Morgan fingerprint density at radius 1 is 1.28 bits per heavy atom. The van der Waals surface area contributed by atoms with Crippen LogP contribution in [0.4, 0.5) is 0 Å². The number of aromatic nitrogens is 1. The molecule has 3 aromatic rings. The Morgan fingerprint density at radius 3 is 2.78 bits per heavy atom. The molecular formula is C14H11NO2S. The molecule has 3 nitrogen and oxygen atoms in total. The third-order valence-corrected chi connectivity index (χ3v) is 3.92. The van der Waals surface area contributed by atoms with Crippen LogP contribution in [-0.4, -0.2) is 4.98 Å². The lowest BCUT2D eigenvalue weighted by molar-refractivity contribution is 0.519. The van der Waals surface area contributed by atoms with E-state index in [1.54, 1.807) is 11.3 Å². The van der Waals surface area contributed by atoms with Gasteiger partial charge in [0, 0.05) is 10.4 Å². The number of rotatable bonds is 2. The van der Waals surface area contributed by atoms with Crippen LogP contribution in [0.5, 0.6) is 0 Å². The van der Waals surface area contributed by atoms with E-state index >= 15 is 0 Å². The van der Waals surface area contributed by atoms with Crippen molar-refractivity contribution in [2.24, 2.45) is 0 Å². The van der Waals surface area contributed by atoms with Gasteiger partial charge in [0.15, 0.2) is 0 Å². The van der Waals surface area contributed by atoms with Crippen LogP contribution in [0.25, 0.3) is 21.7 Å². The molecule has 1 aromatic carbocycles. The fourth-order valence-electron chi connectivity index (χ4n) is 1.80. The van der Waals surface area contributed by atoms with Gasteiger partial charge in [0.05, 0.1) is 5.39 Å². The summed E-state index contributed by atoms with van der Waals surface area (Å²) in [7, 11) is 0. The zero-order chi connectivity index (χ0) is 12.5. The van der Waals surface area contributed by atoms with Gasteiger partial charge in [-0.25, -0.2) is 9.78 Å². The number of hydrogen-bond donors (Lipinski definition) is 0. The molecular weight excluding hydrogens is 246 g/mol. The fourth-order valence-corrected chi connectivity index (χ4v) is 2.75. The van der Waals surface area contributed by atoms with Crippen LogP contribution in [0.15, 0.2) is 45.6 Å². The second kappa shape index (κ2) is 4.38. The van der Waals surface area contributed by atoms with Gasteiger partial charge in [-0.2, -0.15) is 0 Å². The van der Waals surface area contributed by atoms with Crippen molar-refractivity contribution >= 4 is 21.6 Å². The predicted octanol–water partition coefficient (Wildman–Crippen LogP) is 3.48. The average molecular weight is 257 g/mol. The third-order valence-electron chi connectivity index (χ3n) is 2.75. The van der Waals surface area contributed by atoms with Crippen LogP contribution in [0.2, 0.25) is 0 Å². The molecule has 0 bridgehead atoms. The maximum Gasteiger partial charge on any atom is 0.347 e. The van der Waals surface area contributed by atoms with E-state index < -0.39 is 0 Å². The maximum atomic E-state index is 11.9. The van der Waals surface area contributed by atoms with Gasteiger partial charge in [-0.3, -0.25) is 0 Å². The van der Waals surface area contributed by atoms with Gasteiger partial charge in [0.1, 0.15) is 4.83 Å². The van der Waals surface area contributed by atoms with E-state index in [2.05, 4.69) is 11.9 Å². The molecule has 2 aromatic heterocycles. The quantitative estimate of drug-likeness (QED) is 0.706. The summed E-state index contributed by atoms with van der Waals surface area (Å²) in [6, 6.07) is 11.3. The molecule has 0 unspecified atom stereocenters. The van der Waals surface area contributed by atoms with Gasteiger partial charge >= 0.3 is 5.63 Å². The maximum absolute atomic E-state index is 11.9. The van der Waals surface area contributed by atoms with E-state index in [0.29, 0.717) is 11.3 Å². The van der Waals surface area contributed by atoms with E-state index in [0.717, 1.165) is 21.7 Å². The standard InChI is InChI=1S/C14H11NO2S/c1-2-10-8-11-13(18-10)15-12(17-14(11)16)9-6-4-3-5-7-9/h3-8H,2H2,1H3. The van der Waals surface area contributed by atoms with Crippen LogP contribution in [-0.2, 0) is 6.42 Å². The molecule has 0 N–H and O–H groups in total. The Hall–Kier alpha value is -1.94. The largest absolute Gasteiger partial charge is 0.403 e. The number of aryl methyl sites for hydroxylation is 1. The number of benzene rings is 1. The minimum Gasteiger partial charge on any atom is -0.403 e. The molecule has 0 aliphatic heterocycles. The molecule has 2 heterocycles. The molecule has 3 rings (SSSR count). The highest BCUT2D eigenvalue weighted by Crippen LogP contribution is 2.24. The first-order valence-electron chi connectivity index (χ1n) is 5.77. The molecule has 0 atom stereocenters. The number of fused-ring (bicyclic) bond motifs is 1. The molecule has 90 valence electrons. The Kier molecular flexibility index (Phi) is 2.72. The Bertz CT molecular complexity index is 743. The lowest BCUT2D eigenvalue weighted by atomic mass is 10.2. The van der Waals surface area contributed by atoms with Crippen molar-refractivity contribution in [3.63, 3.8) is 0 Å². The highest BCUT2D eigenvalue weighted by Gasteiger charge is 2.11. The van der Waals surface area contributed by atoms with Crippen molar-refractivity contribution in [1.29, 1.82) is 0 Å². The Morgan fingerprint density at radius 2 is 2.06 bits per heavy atom. The van der Waals surface area contributed by atoms with Crippen molar-refractivity contribution in [3.8, 4) is 11.5 Å². The number of thiophene rings is 1. The summed E-state index contributed by atoms with van der Waals surface area (Å²) < 4.78 is 5.27. The molecule has 0 saturated carbocycles. The van der Waals surface area contributed by atoms with E-state index in [1.807, 2.05) is 36.4 Å². The van der Waals surface area contributed by atoms with E-state index in [-0.39, 0.29) is 5.63 Å². The van der Waals surface area contributed by atoms with Crippen molar-refractivity contribution in [2.45, 2.75) is 13.3 Å². The first kappa shape index (κ1) is 11.2. The zero-order valence-electron chi connectivity index (χ0n) is 9.84. The normalized spacial score (nSPS) is 10.9. The van der Waals surface area contributed by atoms with Gasteiger partial charge in [-0.15, -0.1) is 11.3 Å². The number of nitrogens with zero attached hydrogens (tertiary/aromatic N) is 1. The van der Waals surface area contributed by atoms with Crippen LogP contribution >= 0.6 is 11.3 Å². The Balaban J connectivity index is 2.24. The summed E-state index contributed by atoms with van der Waals surface area (Å²) in [5, 5.41) is 0.580. The van der Waals surface area contributed by atoms with Gasteiger partial charge in [0.25, 0.3) is 0 Å². The molecule has 0 fully saturated rings. The van der Waals surface area contributed by atoms with Crippen LogP contribution < -0.4 is 5.63 Å². The number of hydrogen-bond acceptors (Lipinski definition) is 4. The van der Waals surface area contributed by atoms with E-state index in [1.165, 1.54) is 0 Å². The SMILES string of the molecule is CCc1cc2c(=O)oc(-c3ccccc3)nc2s1. The van der Waals surface area contributed by atoms with Gasteiger partial charge in [-0.1, -0.05) is 25.1 Å². The Labute approximate surface area is 108 Å². The first-order chi connectivity index (χ1) is 8.78. The highest BCUT2D eigenvalue weighted by molar-refractivity contribution is 7.18. The minimum atomic E-state index is -0.310. The lowest BCUT2D eigenvalue weighted by Gasteiger charge is -1.97. The van der Waals surface area contributed by atoms with Crippen LogP contribution in [0, 0.1) is 0 Å². The summed E-state index contributed by atoms with van der Waals surface area (Å²) in [5.74, 6) is 0.387. The molecule has 0 saturated heterocycles. The highest BCUT2D eigenvalue weighted by atomic mass is 32.1. The zero-order valence-corrected chi connectivity index (χ0v) is 10.7. The van der Waals surface area contributed by atoms with Crippen molar-refractivity contribution in [1.82, 2.24) is 4.98 Å². The topological polar surface area (TPSA) is 43.1 Å². The molecule has 18 heavy (non-hydrogen) atoms. The van der Waals surface area contributed by atoms with Crippen molar-refractivity contribution in [2.75, 3.05) is 0 Å². The second-order valence-corrected chi connectivity index (χ2v) is 5.07. The molecule has 0 aliphatic rings. The van der Waals surface area contributed by atoms with Crippen molar-refractivity contribution in [3.05, 3.63) is 51.7 Å². The molecule has 4 heteroatoms. The fraction of sp³-hybridized carbons (Fsp3) is 0.143. The molecule has 0 radical (unpaired) electrons. The first-order valence-corrected chi connectivity index (χ1v) is 6.58. The van der Waals surface area contributed by atoms with Crippen LogP contribution in [0.1, 0.15) is 11.8 Å². The third kappa shape index (κ3) is 1.84. The van der Waals surface area contributed by atoms with Gasteiger partial charge in [0.2, 0.25) is 5.89 Å². The summed E-state index contributed by atoms with van der Waals surface area (Å²) in [6.45, 7) is 2.06. The second-order valence-electron chi connectivity index (χ2n) is 3.96. The van der Waals surface area contributed by atoms with E-state index in [9.17, 15) is 4.79 Å². The van der Waals surface area contributed by atoms with Crippen molar-refractivity contribution < 1.29 is 4.42 Å². The van der Waals surface area contributed by atoms with Crippen LogP contribution in [0.3, 0.4) is 0 Å². The summed E-state index contributed by atoms with van der Waals surface area (Å²) in [4.78, 5) is 18.2. The van der Waals surface area contributed by atoms with Gasteiger partial charge in [-0.05, 0) is 24.6 Å². The summed E-state index contributed by atoms with van der Waals surface area (Å²) in [5.41, 5.74) is 0.512. The molecule has 0 spiro atoms. The summed E-state index contributed by atoms with van der Waals surface area (Å²) in [6.07, 6.45) is 0.904. The summed E-state index contributed by atoms with van der Waals surface area (Å²) >= 11 is 1.55.